The molecular weight excluding hydrogens is 570 g/mol. The fraction of sp³-hybridized carbons (Fsp3) is 0.229. The largest absolute Gasteiger partial charge is 0.419 e. The number of hydrogen-bond donors (Lipinski definition) is 0. The minimum absolute atomic E-state index is 0.0974. The van der Waals surface area contributed by atoms with Crippen LogP contribution in [-0.2, 0) is 23.9 Å². The van der Waals surface area contributed by atoms with Gasteiger partial charge in [-0.1, -0.05) is 54.1 Å². The summed E-state index contributed by atoms with van der Waals surface area (Å²) in [4.78, 5) is 34.3. The highest BCUT2D eigenvalue weighted by Gasteiger charge is 2.34. The number of hydrogen-bond acceptors (Lipinski definition) is 3. The molecular formula is C35H31F4N3O2. The third-order valence-electron chi connectivity index (χ3n) is 7.87. The Morgan fingerprint density at radius 3 is 2.23 bits per heavy atom. The first-order chi connectivity index (χ1) is 20.8. The number of amides is 1. The number of benzene rings is 4. The van der Waals surface area contributed by atoms with E-state index in [9.17, 15) is 27.2 Å². The highest BCUT2D eigenvalue weighted by molar-refractivity contribution is 5.80. The lowest BCUT2D eigenvalue weighted by Crippen LogP contribution is -2.38. The molecule has 0 aliphatic carbocycles. The molecule has 226 valence electrons. The Morgan fingerprint density at radius 2 is 1.57 bits per heavy atom. The number of aromatic nitrogens is 2. The zero-order valence-electron chi connectivity index (χ0n) is 24.7. The SMILES string of the molecule is Cc1ccc(-n2c(C(C)N(Cc3ccc(C)c(C)c3)C(=O)Cc3ccc(C(F)(F)F)c(F)c3)nc3ccccc3c2=O)cc1. The number of rotatable bonds is 7. The second-order valence-corrected chi connectivity index (χ2v) is 11.1. The average Bonchev–Trinajstić information content (AvgIpc) is 2.97. The Labute approximate surface area is 252 Å². The van der Waals surface area contributed by atoms with Crippen molar-refractivity contribution >= 4 is 16.8 Å². The molecule has 0 spiro atoms. The number of halogens is 4. The first kappa shape index (κ1) is 30.7. The Balaban J connectivity index is 1.62. The molecule has 1 atom stereocenters. The first-order valence-electron chi connectivity index (χ1n) is 14.1. The van der Waals surface area contributed by atoms with E-state index in [0.717, 1.165) is 34.4 Å². The molecule has 1 aromatic heterocycles. The van der Waals surface area contributed by atoms with Gasteiger partial charge in [-0.3, -0.25) is 14.2 Å². The predicted molar refractivity (Wildman–Crippen MR) is 162 cm³/mol. The van der Waals surface area contributed by atoms with Crippen LogP contribution in [0.2, 0.25) is 0 Å². The minimum atomic E-state index is -4.85. The Morgan fingerprint density at radius 1 is 0.886 bits per heavy atom. The van der Waals surface area contributed by atoms with Gasteiger partial charge in [-0.15, -0.1) is 0 Å². The van der Waals surface area contributed by atoms with Gasteiger partial charge in [-0.05, 0) is 86.3 Å². The van der Waals surface area contributed by atoms with Gasteiger partial charge in [-0.2, -0.15) is 13.2 Å². The Hall–Kier alpha value is -4.79. The standard InChI is InChI=1S/C35H31F4N3O2/c1-21-9-14-27(15-10-21)42-33(40-31-8-6-5-7-28(31)34(42)44)24(4)41(20-26-12-11-22(2)23(3)17-26)32(43)19-25-13-16-29(30(36)18-25)35(37,38)39/h5-18,24H,19-20H2,1-4H3. The van der Waals surface area contributed by atoms with E-state index in [1.54, 1.807) is 31.2 Å². The number of alkyl halides is 3. The van der Waals surface area contributed by atoms with E-state index < -0.39 is 29.5 Å². The molecule has 0 N–H and O–H groups in total. The van der Waals surface area contributed by atoms with Gasteiger partial charge in [0.05, 0.1) is 34.6 Å². The third-order valence-corrected chi connectivity index (χ3v) is 7.87. The van der Waals surface area contributed by atoms with Crippen LogP contribution in [0.25, 0.3) is 16.6 Å². The molecule has 5 rings (SSSR count). The Bertz CT molecular complexity index is 1910. The number of para-hydroxylation sites is 1. The first-order valence-corrected chi connectivity index (χ1v) is 14.1. The minimum Gasteiger partial charge on any atom is -0.328 e. The van der Waals surface area contributed by atoms with Gasteiger partial charge >= 0.3 is 6.18 Å². The third kappa shape index (κ3) is 6.27. The molecule has 0 bridgehead atoms. The lowest BCUT2D eigenvalue weighted by molar-refractivity contribution is -0.140. The van der Waals surface area contributed by atoms with Crippen molar-refractivity contribution in [3.8, 4) is 5.69 Å². The van der Waals surface area contributed by atoms with Crippen molar-refractivity contribution < 1.29 is 22.4 Å². The summed E-state index contributed by atoms with van der Waals surface area (Å²) in [5.41, 5.74) is 3.35. The maximum absolute atomic E-state index is 14.4. The highest BCUT2D eigenvalue weighted by atomic mass is 19.4. The molecule has 0 aliphatic heterocycles. The summed E-state index contributed by atoms with van der Waals surface area (Å²) in [6.07, 6.45) is -5.20. The molecule has 9 heteroatoms. The van der Waals surface area contributed by atoms with E-state index >= 15 is 0 Å². The van der Waals surface area contributed by atoms with Gasteiger partial charge in [-0.25, -0.2) is 9.37 Å². The van der Waals surface area contributed by atoms with Crippen LogP contribution in [-0.4, -0.2) is 20.4 Å². The van der Waals surface area contributed by atoms with E-state index in [4.69, 9.17) is 4.98 Å². The topological polar surface area (TPSA) is 55.2 Å². The number of aryl methyl sites for hydroxylation is 3. The van der Waals surface area contributed by atoms with Gasteiger partial charge in [0, 0.05) is 6.54 Å². The zero-order valence-corrected chi connectivity index (χ0v) is 24.7. The lowest BCUT2D eigenvalue weighted by atomic mass is 10.0. The summed E-state index contributed by atoms with van der Waals surface area (Å²) in [5.74, 6) is -1.60. The van der Waals surface area contributed by atoms with Gasteiger partial charge in [0.2, 0.25) is 5.91 Å². The summed E-state index contributed by atoms with van der Waals surface area (Å²) < 4.78 is 55.4. The molecule has 1 amide bonds. The van der Waals surface area contributed by atoms with Crippen LogP contribution in [0.4, 0.5) is 17.6 Å². The van der Waals surface area contributed by atoms with Crippen LogP contribution in [0, 0.1) is 26.6 Å². The maximum Gasteiger partial charge on any atom is 0.419 e. The van der Waals surface area contributed by atoms with Crippen molar-refractivity contribution in [1.29, 1.82) is 0 Å². The van der Waals surface area contributed by atoms with Crippen molar-refractivity contribution in [2.45, 2.75) is 52.9 Å². The van der Waals surface area contributed by atoms with Crippen molar-refractivity contribution in [1.82, 2.24) is 14.5 Å². The van der Waals surface area contributed by atoms with E-state index in [2.05, 4.69) is 0 Å². The predicted octanol–water partition coefficient (Wildman–Crippen LogP) is 7.80. The van der Waals surface area contributed by atoms with Crippen LogP contribution in [0.1, 0.15) is 52.2 Å². The molecule has 1 heterocycles. The summed E-state index contributed by atoms with van der Waals surface area (Å²) in [5, 5.41) is 0.413. The Kier molecular flexibility index (Phi) is 8.41. The molecule has 44 heavy (non-hydrogen) atoms. The van der Waals surface area contributed by atoms with Gasteiger partial charge in [0.25, 0.3) is 5.56 Å². The summed E-state index contributed by atoms with van der Waals surface area (Å²) in [6.45, 7) is 7.75. The number of fused-ring (bicyclic) bond motifs is 1. The van der Waals surface area contributed by atoms with Gasteiger partial charge < -0.3 is 4.90 Å². The smallest absolute Gasteiger partial charge is 0.328 e. The second kappa shape index (κ2) is 12.1. The van der Waals surface area contributed by atoms with Gasteiger partial charge in [0.1, 0.15) is 11.6 Å². The van der Waals surface area contributed by atoms with Crippen molar-refractivity contribution in [3.63, 3.8) is 0 Å². The monoisotopic (exact) mass is 601 g/mol. The normalized spacial score (nSPS) is 12.4. The summed E-state index contributed by atoms with van der Waals surface area (Å²) in [6, 6.07) is 21.9. The van der Waals surface area contributed by atoms with Crippen molar-refractivity contribution in [2.24, 2.45) is 0 Å². The molecule has 0 radical (unpaired) electrons. The summed E-state index contributed by atoms with van der Waals surface area (Å²) in [7, 11) is 0. The zero-order chi connectivity index (χ0) is 31.8. The highest BCUT2D eigenvalue weighted by Crippen LogP contribution is 2.32. The van der Waals surface area contributed by atoms with Crippen molar-refractivity contribution in [2.75, 3.05) is 0 Å². The van der Waals surface area contributed by atoms with E-state index in [1.165, 1.54) is 9.47 Å². The molecule has 0 fully saturated rings. The molecule has 5 aromatic rings. The van der Waals surface area contributed by atoms with Crippen molar-refractivity contribution in [3.05, 3.63) is 140 Å². The maximum atomic E-state index is 14.4. The van der Waals surface area contributed by atoms with Crippen LogP contribution in [0.15, 0.2) is 89.7 Å². The van der Waals surface area contributed by atoms with Crippen LogP contribution >= 0.6 is 0 Å². The molecule has 1 unspecified atom stereocenters. The number of nitrogens with zero attached hydrogens (tertiary/aromatic N) is 3. The molecule has 4 aromatic carbocycles. The van der Waals surface area contributed by atoms with Crippen LogP contribution < -0.4 is 5.56 Å². The fourth-order valence-electron chi connectivity index (χ4n) is 5.23. The molecule has 5 nitrogen and oxygen atoms in total. The molecule has 0 aliphatic rings. The quantitative estimate of drug-likeness (QED) is 0.179. The molecule has 0 saturated heterocycles. The lowest BCUT2D eigenvalue weighted by Gasteiger charge is -2.31. The molecule has 0 saturated carbocycles. The number of carbonyl (C=O) groups is 1. The van der Waals surface area contributed by atoms with Gasteiger partial charge in [0.15, 0.2) is 0 Å². The number of carbonyl (C=O) groups excluding carboxylic acids is 1. The van der Waals surface area contributed by atoms with Crippen LogP contribution in [0.5, 0.6) is 0 Å². The second-order valence-electron chi connectivity index (χ2n) is 11.1. The average molecular weight is 602 g/mol. The van der Waals surface area contributed by atoms with E-state index in [-0.39, 0.29) is 24.1 Å². The van der Waals surface area contributed by atoms with Crippen LogP contribution in [0.3, 0.4) is 0 Å². The van der Waals surface area contributed by atoms with E-state index in [1.807, 2.05) is 63.2 Å². The fourth-order valence-corrected chi connectivity index (χ4v) is 5.23. The van der Waals surface area contributed by atoms with E-state index in [0.29, 0.717) is 28.5 Å². The summed E-state index contributed by atoms with van der Waals surface area (Å²) >= 11 is 0.